The van der Waals surface area contributed by atoms with Gasteiger partial charge in [0.05, 0.1) is 0 Å². The average molecular weight is 171 g/mol. The number of hydrogen-bond acceptors (Lipinski definition) is 3. The highest BCUT2D eigenvalue weighted by atomic mass is 16.2. The van der Waals surface area contributed by atoms with E-state index in [0.29, 0.717) is 25.4 Å². The van der Waals surface area contributed by atoms with Crippen LogP contribution in [0.2, 0.25) is 0 Å². The smallest absolute Gasteiger partial charge is 0.222 e. The predicted octanol–water partition coefficient (Wildman–Crippen LogP) is -0.858. The minimum absolute atomic E-state index is 0.235. The molecule has 1 aliphatic rings. The summed E-state index contributed by atoms with van der Waals surface area (Å²) in [5.41, 5.74) is 10.8. The van der Waals surface area contributed by atoms with E-state index in [2.05, 4.69) is 0 Å². The Bertz CT molecular complexity index is 160. The predicted molar refractivity (Wildman–Crippen MR) is 47.4 cm³/mol. The Morgan fingerprint density at radius 1 is 1.50 bits per heavy atom. The van der Waals surface area contributed by atoms with Gasteiger partial charge < -0.3 is 16.4 Å². The maximum atomic E-state index is 11.3. The van der Waals surface area contributed by atoms with Gasteiger partial charge in [0.25, 0.3) is 0 Å². The minimum atomic E-state index is 0.235. The minimum Gasteiger partial charge on any atom is -0.342 e. The molecule has 70 valence electrons. The van der Waals surface area contributed by atoms with Gasteiger partial charge in [-0.15, -0.1) is 0 Å². The second-order valence-electron chi connectivity index (χ2n) is 3.29. The summed E-state index contributed by atoms with van der Waals surface area (Å²) in [5.74, 6) is 0.606. The molecule has 1 heterocycles. The van der Waals surface area contributed by atoms with Gasteiger partial charge >= 0.3 is 0 Å². The second-order valence-corrected chi connectivity index (χ2v) is 3.29. The molecule has 0 radical (unpaired) electrons. The molecule has 4 nitrogen and oxygen atoms in total. The largest absolute Gasteiger partial charge is 0.342 e. The maximum Gasteiger partial charge on any atom is 0.222 e. The van der Waals surface area contributed by atoms with Crippen LogP contribution in [0.3, 0.4) is 0 Å². The van der Waals surface area contributed by atoms with Crippen molar-refractivity contribution >= 4 is 5.91 Å². The number of nitrogens with two attached hydrogens (primary N) is 2. The standard InChI is InChI=1S/C8H17N3O/c9-2-1-3-11-6-7(5-10)4-8(11)12/h7H,1-6,9-10H2. The summed E-state index contributed by atoms with van der Waals surface area (Å²) in [7, 11) is 0. The van der Waals surface area contributed by atoms with Crippen LogP contribution in [-0.4, -0.2) is 37.0 Å². The van der Waals surface area contributed by atoms with Gasteiger partial charge in [0.2, 0.25) is 5.91 Å². The Hall–Kier alpha value is -0.610. The second kappa shape index (κ2) is 4.42. The van der Waals surface area contributed by atoms with Crippen molar-refractivity contribution in [3.05, 3.63) is 0 Å². The molecular formula is C8H17N3O. The first-order valence-electron chi connectivity index (χ1n) is 4.45. The molecule has 4 heteroatoms. The molecule has 0 aromatic carbocycles. The van der Waals surface area contributed by atoms with Gasteiger partial charge in [0.15, 0.2) is 0 Å². The summed E-state index contributed by atoms with van der Waals surface area (Å²) in [5, 5.41) is 0. The maximum absolute atomic E-state index is 11.3. The Kier molecular flexibility index (Phi) is 3.49. The summed E-state index contributed by atoms with van der Waals surface area (Å²) in [6.45, 7) is 2.89. The molecule has 0 bridgehead atoms. The lowest BCUT2D eigenvalue weighted by atomic mass is 10.1. The molecule has 1 saturated heterocycles. The monoisotopic (exact) mass is 171 g/mol. The van der Waals surface area contributed by atoms with Crippen molar-refractivity contribution in [3.8, 4) is 0 Å². The quantitative estimate of drug-likeness (QED) is 0.578. The van der Waals surface area contributed by atoms with E-state index in [1.54, 1.807) is 0 Å². The average Bonchev–Trinajstić information content (AvgIpc) is 2.43. The molecule has 0 aliphatic carbocycles. The topological polar surface area (TPSA) is 72.3 Å². The number of hydrogen-bond donors (Lipinski definition) is 2. The van der Waals surface area contributed by atoms with E-state index < -0.39 is 0 Å². The van der Waals surface area contributed by atoms with E-state index in [0.717, 1.165) is 19.5 Å². The molecule has 0 saturated carbocycles. The third-order valence-corrected chi connectivity index (χ3v) is 2.26. The molecule has 0 aromatic rings. The van der Waals surface area contributed by atoms with Crippen LogP contribution >= 0.6 is 0 Å². The molecule has 0 aromatic heterocycles. The van der Waals surface area contributed by atoms with Gasteiger partial charge in [-0.05, 0) is 25.4 Å². The highest BCUT2D eigenvalue weighted by Gasteiger charge is 2.27. The van der Waals surface area contributed by atoms with Crippen LogP contribution in [0.4, 0.5) is 0 Å². The number of carbonyl (C=O) groups excluding carboxylic acids is 1. The number of nitrogens with zero attached hydrogens (tertiary/aromatic N) is 1. The zero-order chi connectivity index (χ0) is 8.97. The van der Waals surface area contributed by atoms with Gasteiger partial charge in [-0.3, -0.25) is 4.79 Å². The van der Waals surface area contributed by atoms with Crippen molar-refractivity contribution in [2.75, 3.05) is 26.2 Å². The van der Waals surface area contributed by atoms with E-state index in [9.17, 15) is 4.79 Å². The fourth-order valence-electron chi connectivity index (χ4n) is 1.51. The fraction of sp³-hybridized carbons (Fsp3) is 0.875. The summed E-state index contributed by atoms with van der Waals surface area (Å²) in [6.07, 6.45) is 1.52. The molecule has 1 fully saturated rings. The summed E-state index contributed by atoms with van der Waals surface area (Å²) >= 11 is 0. The number of amides is 1. The summed E-state index contributed by atoms with van der Waals surface area (Å²) in [6, 6.07) is 0. The Balaban J connectivity index is 2.31. The van der Waals surface area contributed by atoms with E-state index in [-0.39, 0.29) is 5.91 Å². The lowest BCUT2D eigenvalue weighted by molar-refractivity contribution is -0.127. The van der Waals surface area contributed by atoms with Crippen LogP contribution in [0, 0.1) is 5.92 Å². The third kappa shape index (κ3) is 2.19. The summed E-state index contributed by atoms with van der Waals surface area (Å²) in [4.78, 5) is 13.1. The highest BCUT2D eigenvalue weighted by Crippen LogP contribution is 2.16. The van der Waals surface area contributed by atoms with Gasteiger partial charge in [0, 0.05) is 19.5 Å². The van der Waals surface area contributed by atoms with Crippen LogP contribution in [0.5, 0.6) is 0 Å². The van der Waals surface area contributed by atoms with Gasteiger partial charge in [-0.25, -0.2) is 0 Å². The Morgan fingerprint density at radius 3 is 2.75 bits per heavy atom. The van der Waals surface area contributed by atoms with E-state index in [4.69, 9.17) is 11.5 Å². The molecule has 0 spiro atoms. The molecule has 1 unspecified atom stereocenters. The van der Waals surface area contributed by atoms with Crippen LogP contribution in [0.25, 0.3) is 0 Å². The van der Waals surface area contributed by atoms with Crippen molar-refractivity contribution in [2.24, 2.45) is 17.4 Å². The Labute approximate surface area is 72.9 Å². The van der Waals surface area contributed by atoms with E-state index in [1.807, 2.05) is 4.90 Å². The van der Waals surface area contributed by atoms with Crippen LogP contribution in [0.1, 0.15) is 12.8 Å². The van der Waals surface area contributed by atoms with Crippen LogP contribution < -0.4 is 11.5 Å². The lowest BCUT2D eigenvalue weighted by Crippen LogP contribution is -2.28. The molecule has 1 rings (SSSR count). The van der Waals surface area contributed by atoms with Gasteiger partial charge in [-0.2, -0.15) is 0 Å². The normalized spacial score (nSPS) is 23.7. The molecule has 4 N–H and O–H groups in total. The first-order chi connectivity index (χ1) is 5.77. The van der Waals surface area contributed by atoms with Crippen molar-refractivity contribution < 1.29 is 4.79 Å². The zero-order valence-corrected chi connectivity index (χ0v) is 7.33. The highest BCUT2D eigenvalue weighted by molar-refractivity contribution is 5.78. The molecule has 1 aliphatic heterocycles. The summed E-state index contributed by atoms with van der Waals surface area (Å²) < 4.78 is 0. The zero-order valence-electron chi connectivity index (χ0n) is 7.33. The molecule has 12 heavy (non-hydrogen) atoms. The lowest BCUT2D eigenvalue weighted by Gasteiger charge is -2.15. The van der Waals surface area contributed by atoms with Crippen LogP contribution in [-0.2, 0) is 4.79 Å². The number of rotatable bonds is 4. The van der Waals surface area contributed by atoms with Crippen molar-refractivity contribution in [1.82, 2.24) is 4.90 Å². The molecule has 1 atom stereocenters. The SMILES string of the molecule is NCCCN1CC(CN)CC1=O. The first kappa shape index (κ1) is 9.48. The number of likely N-dealkylation sites (tertiary alicyclic amines) is 1. The van der Waals surface area contributed by atoms with Gasteiger partial charge in [0.1, 0.15) is 0 Å². The Morgan fingerprint density at radius 2 is 2.25 bits per heavy atom. The molecular weight excluding hydrogens is 154 g/mol. The first-order valence-corrected chi connectivity index (χ1v) is 4.45. The van der Waals surface area contributed by atoms with E-state index >= 15 is 0 Å². The third-order valence-electron chi connectivity index (χ3n) is 2.26. The van der Waals surface area contributed by atoms with E-state index in [1.165, 1.54) is 0 Å². The van der Waals surface area contributed by atoms with Crippen molar-refractivity contribution in [2.45, 2.75) is 12.8 Å². The number of carbonyl (C=O) groups is 1. The van der Waals surface area contributed by atoms with Crippen molar-refractivity contribution in [3.63, 3.8) is 0 Å². The fourth-order valence-corrected chi connectivity index (χ4v) is 1.51. The van der Waals surface area contributed by atoms with Gasteiger partial charge in [-0.1, -0.05) is 0 Å². The molecule has 1 amide bonds. The van der Waals surface area contributed by atoms with Crippen molar-refractivity contribution in [1.29, 1.82) is 0 Å². The van der Waals surface area contributed by atoms with Crippen LogP contribution in [0.15, 0.2) is 0 Å².